The predicted molar refractivity (Wildman–Crippen MR) is 115 cm³/mol. The summed E-state index contributed by atoms with van der Waals surface area (Å²) in [7, 11) is 0. The summed E-state index contributed by atoms with van der Waals surface area (Å²) < 4.78 is 2.96. The predicted octanol–water partition coefficient (Wildman–Crippen LogP) is 1.30. The van der Waals surface area contributed by atoms with Crippen molar-refractivity contribution in [1.82, 2.24) is 14.9 Å². The largest absolute Gasteiger partial charge is 0.391 e. The highest BCUT2D eigenvalue weighted by Crippen LogP contribution is 2.41. The summed E-state index contributed by atoms with van der Waals surface area (Å²) in [6, 6.07) is 0.136. The minimum Gasteiger partial charge on any atom is -0.391 e. The maximum absolute atomic E-state index is 11.1. The van der Waals surface area contributed by atoms with Gasteiger partial charge in [0.15, 0.2) is 0 Å². The molecule has 1 aliphatic heterocycles. The monoisotopic (exact) mass is 415 g/mol. The van der Waals surface area contributed by atoms with Crippen molar-refractivity contribution in [2.75, 3.05) is 13.1 Å². The first-order valence-electron chi connectivity index (χ1n) is 11.0. The number of nitrogens with zero attached hydrogens (tertiary/aromatic N) is 1. The van der Waals surface area contributed by atoms with E-state index in [2.05, 4.69) is 55.4 Å². The molecule has 0 radical (unpaired) electrons. The first-order valence-corrected chi connectivity index (χ1v) is 11.5. The highest BCUT2D eigenvalue weighted by atomic mass is 32.1. The molecule has 0 bridgehead atoms. The Kier molecular flexibility index (Phi) is 7.07. The summed E-state index contributed by atoms with van der Waals surface area (Å²) in [4.78, 5) is 2.29. The Bertz CT molecular complexity index is 527. The molecule has 28 heavy (non-hydrogen) atoms. The van der Waals surface area contributed by atoms with Crippen molar-refractivity contribution in [3.8, 4) is 0 Å². The Balaban J connectivity index is 1.57. The molecule has 5 N–H and O–H groups in total. The van der Waals surface area contributed by atoms with Crippen LogP contribution in [0.4, 0.5) is 0 Å². The van der Waals surface area contributed by atoms with Crippen LogP contribution in [0.3, 0.4) is 0 Å². The summed E-state index contributed by atoms with van der Waals surface area (Å²) in [6.07, 6.45) is 4.98. The van der Waals surface area contributed by atoms with Gasteiger partial charge in [0.25, 0.3) is 0 Å². The van der Waals surface area contributed by atoms with Crippen molar-refractivity contribution < 1.29 is 15.3 Å². The van der Waals surface area contributed by atoms with Crippen LogP contribution in [0.25, 0.3) is 0 Å². The van der Waals surface area contributed by atoms with Crippen LogP contribution in [0, 0.1) is 11.8 Å². The molecular weight excluding hydrogens is 374 g/mol. The Morgan fingerprint density at radius 3 is 2.21 bits per heavy atom. The second-order valence-electron chi connectivity index (χ2n) is 10.6. The SMILES string of the molecule is CC(C)(CC1CCCC(NS)[C@H]1O)N[C@@H]1CCC(C(C)(C)N2CC(O)C2)[C@@H]1O. The van der Waals surface area contributed by atoms with E-state index in [0.717, 1.165) is 38.5 Å². The van der Waals surface area contributed by atoms with Crippen molar-refractivity contribution in [3.63, 3.8) is 0 Å². The van der Waals surface area contributed by atoms with Gasteiger partial charge >= 0.3 is 0 Å². The van der Waals surface area contributed by atoms with Gasteiger partial charge in [-0.25, -0.2) is 0 Å². The quantitative estimate of drug-likeness (QED) is 0.352. The van der Waals surface area contributed by atoms with E-state index in [0.29, 0.717) is 13.1 Å². The van der Waals surface area contributed by atoms with Gasteiger partial charge in [0.05, 0.1) is 18.3 Å². The lowest BCUT2D eigenvalue weighted by atomic mass is 9.76. The average molecular weight is 416 g/mol. The van der Waals surface area contributed by atoms with Crippen LogP contribution in [0.15, 0.2) is 0 Å². The van der Waals surface area contributed by atoms with Gasteiger partial charge in [0.2, 0.25) is 0 Å². The first-order chi connectivity index (χ1) is 13.0. The van der Waals surface area contributed by atoms with E-state index in [9.17, 15) is 15.3 Å². The number of hydrogen-bond acceptors (Lipinski definition) is 7. The van der Waals surface area contributed by atoms with Gasteiger partial charge in [-0.3, -0.25) is 9.62 Å². The molecule has 3 rings (SSSR count). The standard InChI is InChI=1S/C21H41N3O3S/c1-20(2,10-13-6-5-7-17(23-28)18(13)26)22-16-9-8-15(19(16)27)21(3,4)24-11-14(25)12-24/h13-19,22-23,25-28H,5-12H2,1-4H3/t13?,15?,16-,17?,18+,19+/m1/s1. The molecule has 0 aromatic carbocycles. The summed E-state index contributed by atoms with van der Waals surface area (Å²) >= 11 is 4.17. The highest BCUT2D eigenvalue weighted by molar-refractivity contribution is 7.78. The Morgan fingerprint density at radius 1 is 0.929 bits per heavy atom. The number of thiol groups is 1. The molecule has 3 fully saturated rings. The second-order valence-corrected chi connectivity index (χ2v) is 10.9. The van der Waals surface area contributed by atoms with Gasteiger partial charge in [-0.05, 0) is 65.7 Å². The summed E-state index contributed by atoms with van der Waals surface area (Å²) in [5.74, 6) is 0.445. The number of aliphatic hydroxyl groups excluding tert-OH is 3. The van der Waals surface area contributed by atoms with Gasteiger partial charge < -0.3 is 20.6 Å². The van der Waals surface area contributed by atoms with E-state index in [4.69, 9.17) is 0 Å². The molecule has 0 spiro atoms. The smallest absolute Gasteiger partial charge is 0.0794 e. The Labute approximate surface area is 176 Å². The fourth-order valence-corrected chi connectivity index (χ4v) is 6.20. The molecule has 164 valence electrons. The third-order valence-electron chi connectivity index (χ3n) is 7.70. The molecule has 1 heterocycles. The first kappa shape index (κ1) is 22.8. The topological polar surface area (TPSA) is 88.0 Å². The van der Waals surface area contributed by atoms with E-state index in [-0.39, 0.29) is 47.2 Å². The zero-order valence-corrected chi connectivity index (χ0v) is 18.8. The third kappa shape index (κ3) is 4.71. The van der Waals surface area contributed by atoms with Gasteiger partial charge in [-0.1, -0.05) is 19.2 Å². The molecule has 3 unspecified atom stereocenters. The number of aliphatic hydroxyl groups is 3. The van der Waals surface area contributed by atoms with E-state index in [1.54, 1.807) is 0 Å². The van der Waals surface area contributed by atoms with E-state index in [1.807, 2.05) is 0 Å². The number of likely N-dealkylation sites (tertiary alicyclic amines) is 1. The van der Waals surface area contributed by atoms with E-state index < -0.39 is 6.10 Å². The van der Waals surface area contributed by atoms with Crippen molar-refractivity contribution >= 4 is 12.8 Å². The molecule has 6 atom stereocenters. The second kappa shape index (κ2) is 8.69. The van der Waals surface area contributed by atoms with Crippen LogP contribution in [-0.2, 0) is 0 Å². The van der Waals surface area contributed by atoms with Crippen LogP contribution in [0.2, 0.25) is 0 Å². The minimum atomic E-state index is -0.393. The molecule has 7 heteroatoms. The number of β-amino-alcohol motifs (C(OH)–C–C–N with tert-alkyl or cyclic N) is 1. The molecular formula is C21H41N3O3S. The van der Waals surface area contributed by atoms with E-state index >= 15 is 0 Å². The maximum atomic E-state index is 11.1. The summed E-state index contributed by atoms with van der Waals surface area (Å²) in [5.41, 5.74) is -0.258. The molecule has 6 nitrogen and oxygen atoms in total. The lowest BCUT2D eigenvalue weighted by molar-refractivity contribution is -0.0939. The fourth-order valence-electron chi connectivity index (χ4n) is 5.92. The van der Waals surface area contributed by atoms with Crippen molar-refractivity contribution in [1.29, 1.82) is 0 Å². The Hall–Kier alpha value is 0.110. The van der Waals surface area contributed by atoms with Crippen LogP contribution in [0.5, 0.6) is 0 Å². The van der Waals surface area contributed by atoms with Crippen molar-refractivity contribution in [3.05, 3.63) is 0 Å². The van der Waals surface area contributed by atoms with Crippen molar-refractivity contribution in [2.45, 2.75) is 108 Å². The number of nitrogens with one attached hydrogen (secondary N) is 2. The molecule has 0 amide bonds. The lowest BCUT2D eigenvalue weighted by Crippen LogP contribution is -2.64. The molecule has 2 aliphatic carbocycles. The van der Waals surface area contributed by atoms with E-state index in [1.165, 1.54) is 0 Å². The maximum Gasteiger partial charge on any atom is 0.0794 e. The van der Waals surface area contributed by atoms with Gasteiger partial charge in [-0.15, -0.1) is 0 Å². The highest BCUT2D eigenvalue weighted by Gasteiger charge is 2.49. The Morgan fingerprint density at radius 2 is 1.61 bits per heavy atom. The number of rotatable bonds is 7. The van der Waals surface area contributed by atoms with Gasteiger partial charge in [0, 0.05) is 42.2 Å². The molecule has 0 aromatic heterocycles. The average Bonchev–Trinajstić information content (AvgIpc) is 2.94. The van der Waals surface area contributed by atoms with Crippen LogP contribution >= 0.6 is 12.8 Å². The zero-order chi connectivity index (χ0) is 20.7. The van der Waals surface area contributed by atoms with Crippen molar-refractivity contribution in [2.24, 2.45) is 11.8 Å². The van der Waals surface area contributed by atoms with Gasteiger partial charge in [0.1, 0.15) is 0 Å². The van der Waals surface area contributed by atoms with Crippen LogP contribution in [-0.4, -0.2) is 74.8 Å². The summed E-state index contributed by atoms with van der Waals surface area (Å²) in [6.45, 7) is 10.2. The van der Waals surface area contributed by atoms with Crippen LogP contribution in [0.1, 0.15) is 66.2 Å². The molecule has 0 aromatic rings. The molecule has 2 saturated carbocycles. The normalized spacial score (nSPS) is 38.6. The number of hydrogen-bond donors (Lipinski definition) is 6. The van der Waals surface area contributed by atoms with Crippen LogP contribution < -0.4 is 10.0 Å². The minimum absolute atomic E-state index is 0.0620. The lowest BCUT2D eigenvalue weighted by Gasteiger charge is -2.51. The molecule has 1 saturated heterocycles. The van der Waals surface area contributed by atoms with Gasteiger partial charge in [-0.2, -0.15) is 0 Å². The third-order valence-corrected chi connectivity index (χ3v) is 8.03. The zero-order valence-electron chi connectivity index (χ0n) is 17.9. The fraction of sp³-hybridized carbons (Fsp3) is 1.00. The molecule has 3 aliphatic rings. The summed E-state index contributed by atoms with van der Waals surface area (Å²) in [5, 5.41) is 35.1.